The van der Waals surface area contributed by atoms with Crippen molar-refractivity contribution in [1.82, 2.24) is 20.2 Å². The third-order valence-corrected chi connectivity index (χ3v) is 6.72. The highest BCUT2D eigenvalue weighted by atomic mass is 19.4. The van der Waals surface area contributed by atoms with E-state index in [0.29, 0.717) is 36.8 Å². The minimum Gasteiger partial charge on any atom is -0.497 e. The molecule has 39 heavy (non-hydrogen) atoms. The Balaban J connectivity index is 1.25. The molecule has 1 saturated heterocycles. The highest BCUT2D eigenvalue weighted by molar-refractivity contribution is 5.96. The van der Waals surface area contributed by atoms with Crippen LogP contribution in [0.2, 0.25) is 0 Å². The maximum atomic E-state index is 13.5. The fourth-order valence-electron chi connectivity index (χ4n) is 4.51. The highest BCUT2D eigenvalue weighted by Crippen LogP contribution is 2.32. The van der Waals surface area contributed by atoms with Crippen molar-refractivity contribution in [3.63, 3.8) is 0 Å². The molecule has 0 spiro atoms. The molecule has 1 fully saturated rings. The predicted octanol–water partition coefficient (Wildman–Crippen LogP) is 5.27. The fraction of sp³-hybridized carbons (Fsp3) is 0.536. The van der Waals surface area contributed by atoms with E-state index in [2.05, 4.69) is 20.2 Å². The number of carbonyl (C=O) groups is 1. The van der Waals surface area contributed by atoms with Crippen LogP contribution in [-0.2, 0) is 11.6 Å². The Kier molecular flexibility index (Phi) is 8.68. The lowest BCUT2D eigenvalue weighted by atomic mass is 9.95. The number of anilines is 1. The summed E-state index contributed by atoms with van der Waals surface area (Å²) in [6.45, 7) is 9.61. The smallest absolute Gasteiger partial charge is 0.433 e. The molecule has 3 heterocycles. The molecule has 1 amide bonds. The molecule has 11 heteroatoms. The number of nitrogens with zero attached hydrogens (tertiary/aromatic N) is 4. The number of unbranched alkanes of at least 4 members (excludes halogenated alkanes) is 1. The zero-order valence-electron chi connectivity index (χ0n) is 22.9. The summed E-state index contributed by atoms with van der Waals surface area (Å²) in [5.74, 6) is 1.23. The van der Waals surface area contributed by atoms with Gasteiger partial charge in [0.1, 0.15) is 28.7 Å². The fourth-order valence-corrected chi connectivity index (χ4v) is 4.51. The molecule has 1 aliphatic heterocycles. The molecule has 1 N–H and O–H groups in total. The molecule has 2 aromatic heterocycles. The van der Waals surface area contributed by atoms with Gasteiger partial charge in [-0.15, -0.1) is 0 Å². The molecule has 1 aromatic carbocycles. The number of carbonyl (C=O) groups excluding carboxylic acids is 1. The monoisotopic (exact) mass is 547 g/mol. The molecule has 3 aromatic rings. The number of hydrogen-bond donors (Lipinski definition) is 1. The van der Waals surface area contributed by atoms with Gasteiger partial charge in [-0.25, -0.2) is 9.97 Å². The molecule has 0 saturated carbocycles. The lowest BCUT2D eigenvalue weighted by Crippen LogP contribution is -2.33. The van der Waals surface area contributed by atoms with Crippen LogP contribution < -0.4 is 15.0 Å². The van der Waals surface area contributed by atoms with Crippen molar-refractivity contribution in [1.29, 1.82) is 0 Å². The Morgan fingerprint density at radius 2 is 1.85 bits per heavy atom. The van der Waals surface area contributed by atoms with Crippen molar-refractivity contribution < 1.29 is 27.1 Å². The molecule has 0 unspecified atom stereocenters. The van der Waals surface area contributed by atoms with Gasteiger partial charge in [0.2, 0.25) is 0 Å². The first kappa shape index (κ1) is 28.7. The number of aromatic nitrogens is 2. The predicted molar refractivity (Wildman–Crippen MR) is 143 cm³/mol. The number of halogens is 3. The summed E-state index contributed by atoms with van der Waals surface area (Å²) in [5.41, 5.74) is -0.869. The summed E-state index contributed by atoms with van der Waals surface area (Å²) in [4.78, 5) is 25.0. The van der Waals surface area contributed by atoms with Crippen LogP contribution >= 0.6 is 0 Å². The van der Waals surface area contributed by atoms with Crippen LogP contribution in [-0.4, -0.2) is 67.2 Å². The van der Waals surface area contributed by atoms with E-state index in [-0.39, 0.29) is 17.5 Å². The Hall–Kier alpha value is -3.34. The van der Waals surface area contributed by atoms with E-state index in [1.807, 2.05) is 31.7 Å². The van der Waals surface area contributed by atoms with Gasteiger partial charge < -0.3 is 24.3 Å². The van der Waals surface area contributed by atoms with Crippen molar-refractivity contribution in [2.24, 2.45) is 0 Å². The minimum atomic E-state index is -4.52. The van der Waals surface area contributed by atoms with E-state index < -0.39 is 17.3 Å². The average molecular weight is 548 g/mol. The Labute approximate surface area is 226 Å². The first-order chi connectivity index (χ1) is 18.4. The van der Waals surface area contributed by atoms with E-state index in [4.69, 9.17) is 9.15 Å². The first-order valence-electron chi connectivity index (χ1n) is 13.2. The highest BCUT2D eigenvalue weighted by Gasteiger charge is 2.35. The maximum absolute atomic E-state index is 13.5. The van der Waals surface area contributed by atoms with Crippen molar-refractivity contribution in [3.05, 3.63) is 47.6 Å². The molecule has 212 valence electrons. The van der Waals surface area contributed by atoms with Gasteiger partial charge in [0, 0.05) is 43.0 Å². The minimum absolute atomic E-state index is 0.192. The van der Waals surface area contributed by atoms with Crippen LogP contribution in [0.5, 0.6) is 5.75 Å². The third-order valence-electron chi connectivity index (χ3n) is 6.72. The summed E-state index contributed by atoms with van der Waals surface area (Å²) < 4.78 is 51.4. The molecule has 0 bridgehead atoms. The van der Waals surface area contributed by atoms with E-state index >= 15 is 0 Å². The zero-order chi connectivity index (χ0) is 28.2. The number of nitrogens with one attached hydrogen (secondary N) is 1. The largest absolute Gasteiger partial charge is 0.497 e. The lowest BCUT2D eigenvalue weighted by Gasteiger charge is -2.26. The van der Waals surface area contributed by atoms with Crippen LogP contribution in [0.1, 0.15) is 62.1 Å². The van der Waals surface area contributed by atoms with E-state index in [1.165, 1.54) is 0 Å². The quantitative estimate of drug-likeness (QED) is 0.385. The molecular formula is C28H36F3N5O3. The van der Waals surface area contributed by atoms with Crippen LogP contribution in [0.25, 0.3) is 11.0 Å². The number of furan rings is 1. The van der Waals surface area contributed by atoms with Gasteiger partial charge >= 0.3 is 6.18 Å². The second-order valence-corrected chi connectivity index (χ2v) is 10.8. The normalized spacial score (nSPS) is 15.4. The number of rotatable bonds is 8. The van der Waals surface area contributed by atoms with E-state index in [1.54, 1.807) is 25.3 Å². The molecule has 1 aliphatic rings. The number of ether oxygens (including phenoxy) is 1. The first-order valence-corrected chi connectivity index (χ1v) is 13.2. The number of benzene rings is 1. The zero-order valence-corrected chi connectivity index (χ0v) is 22.9. The SMILES string of the molecule is COc1ccc2oc(C(=O)NCCCCN3CCCN(c4cc(C(F)(F)F)nc(C(C)(C)C)n4)CC3)cc2c1. The molecule has 8 nitrogen and oxygen atoms in total. The Morgan fingerprint density at radius 1 is 1.05 bits per heavy atom. The van der Waals surface area contributed by atoms with Gasteiger partial charge in [-0.2, -0.15) is 13.2 Å². The van der Waals surface area contributed by atoms with Crippen molar-refractivity contribution >= 4 is 22.7 Å². The molecule has 0 aliphatic carbocycles. The van der Waals surface area contributed by atoms with Crippen molar-refractivity contribution in [2.75, 3.05) is 51.3 Å². The van der Waals surface area contributed by atoms with Crippen LogP contribution in [0, 0.1) is 0 Å². The maximum Gasteiger partial charge on any atom is 0.433 e. The second kappa shape index (κ2) is 11.8. The van der Waals surface area contributed by atoms with Crippen LogP contribution in [0.3, 0.4) is 0 Å². The lowest BCUT2D eigenvalue weighted by molar-refractivity contribution is -0.141. The Morgan fingerprint density at radius 3 is 2.56 bits per heavy atom. The van der Waals surface area contributed by atoms with Gasteiger partial charge in [-0.1, -0.05) is 20.8 Å². The van der Waals surface area contributed by atoms with Gasteiger partial charge in [0.15, 0.2) is 5.76 Å². The standard InChI is InChI=1S/C28H36F3N5O3/c1-27(2,3)26-33-23(28(29,30)31)18-24(34-26)36-13-7-12-35(14-15-36)11-6-5-10-32-25(37)22-17-19-16-20(38-4)8-9-21(19)39-22/h8-9,16-18H,5-7,10-15H2,1-4H3,(H,32,37). The molecular weight excluding hydrogens is 511 g/mol. The second-order valence-electron chi connectivity index (χ2n) is 10.8. The van der Waals surface area contributed by atoms with Crippen molar-refractivity contribution in [3.8, 4) is 5.75 Å². The summed E-state index contributed by atoms with van der Waals surface area (Å²) >= 11 is 0. The van der Waals surface area contributed by atoms with Gasteiger partial charge in [0.25, 0.3) is 5.91 Å². The van der Waals surface area contributed by atoms with Gasteiger partial charge in [-0.3, -0.25) is 4.79 Å². The van der Waals surface area contributed by atoms with Gasteiger partial charge in [-0.05, 0) is 56.6 Å². The van der Waals surface area contributed by atoms with E-state index in [0.717, 1.165) is 50.3 Å². The molecule has 4 rings (SSSR count). The topological polar surface area (TPSA) is 83.7 Å². The number of hydrogen-bond acceptors (Lipinski definition) is 7. The van der Waals surface area contributed by atoms with Crippen LogP contribution in [0.15, 0.2) is 34.7 Å². The summed E-state index contributed by atoms with van der Waals surface area (Å²) in [6.07, 6.45) is -2.01. The number of methoxy groups -OCH3 is 1. The third kappa shape index (κ3) is 7.40. The summed E-state index contributed by atoms with van der Waals surface area (Å²) in [6, 6.07) is 8.15. The van der Waals surface area contributed by atoms with Crippen LogP contribution in [0.4, 0.5) is 19.0 Å². The van der Waals surface area contributed by atoms with Gasteiger partial charge in [0.05, 0.1) is 7.11 Å². The summed E-state index contributed by atoms with van der Waals surface area (Å²) in [7, 11) is 1.59. The summed E-state index contributed by atoms with van der Waals surface area (Å²) in [5, 5.41) is 3.71. The molecule has 0 atom stereocenters. The van der Waals surface area contributed by atoms with Crippen molar-refractivity contribution in [2.45, 2.75) is 51.6 Å². The number of amides is 1. The molecule has 0 radical (unpaired) electrons. The Bertz CT molecular complexity index is 1250. The number of fused-ring (bicyclic) bond motifs is 1. The average Bonchev–Trinajstić information content (AvgIpc) is 3.17. The number of alkyl halides is 3. The van der Waals surface area contributed by atoms with E-state index in [9.17, 15) is 18.0 Å².